The zero-order chi connectivity index (χ0) is 15.3. The summed E-state index contributed by atoms with van der Waals surface area (Å²) >= 11 is 0. The van der Waals surface area contributed by atoms with Gasteiger partial charge in [0.1, 0.15) is 17.3 Å². The summed E-state index contributed by atoms with van der Waals surface area (Å²) < 4.78 is 28.8. The van der Waals surface area contributed by atoms with Gasteiger partial charge in [-0.25, -0.2) is 13.4 Å². The van der Waals surface area contributed by atoms with Crippen molar-refractivity contribution in [3.8, 4) is 11.5 Å². The van der Waals surface area contributed by atoms with Crippen LogP contribution in [-0.4, -0.2) is 26.2 Å². The SMILES string of the molecule is CCCNc1cc(Oc2cccc(S(C)(=O)=O)c2)ccn1. The summed E-state index contributed by atoms with van der Waals surface area (Å²) in [7, 11) is -3.24. The lowest BCUT2D eigenvalue weighted by molar-refractivity contribution is 0.480. The summed E-state index contributed by atoms with van der Waals surface area (Å²) in [5.41, 5.74) is 0. The standard InChI is InChI=1S/C15H18N2O3S/c1-3-8-16-15-11-13(7-9-17-15)20-12-5-4-6-14(10-12)21(2,18)19/h4-7,9-11H,3,8H2,1-2H3,(H,16,17). The number of aromatic nitrogens is 1. The normalized spacial score (nSPS) is 11.1. The van der Waals surface area contributed by atoms with Crippen molar-refractivity contribution in [2.75, 3.05) is 18.1 Å². The molecule has 1 N–H and O–H groups in total. The summed E-state index contributed by atoms with van der Waals surface area (Å²) in [4.78, 5) is 4.42. The molecule has 0 fully saturated rings. The molecule has 0 amide bonds. The van der Waals surface area contributed by atoms with Crippen molar-refractivity contribution in [3.05, 3.63) is 42.6 Å². The van der Waals surface area contributed by atoms with Crippen molar-refractivity contribution in [1.82, 2.24) is 4.98 Å². The molecule has 0 spiro atoms. The van der Waals surface area contributed by atoms with Crippen LogP contribution in [0.25, 0.3) is 0 Å². The Kier molecular flexibility index (Phi) is 4.80. The second-order valence-corrected chi connectivity index (χ2v) is 6.67. The maximum Gasteiger partial charge on any atom is 0.175 e. The Morgan fingerprint density at radius 2 is 1.95 bits per heavy atom. The summed E-state index contributed by atoms with van der Waals surface area (Å²) in [6, 6.07) is 9.93. The number of ether oxygens (including phenoxy) is 1. The first kappa shape index (κ1) is 15.3. The molecular formula is C15H18N2O3S. The maximum atomic E-state index is 11.5. The van der Waals surface area contributed by atoms with Gasteiger partial charge in [0.25, 0.3) is 0 Å². The van der Waals surface area contributed by atoms with E-state index in [9.17, 15) is 8.42 Å². The van der Waals surface area contributed by atoms with Gasteiger partial charge < -0.3 is 10.1 Å². The van der Waals surface area contributed by atoms with Crippen molar-refractivity contribution >= 4 is 15.7 Å². The molecular weight excluding hydrogens is 288 g/mol. The van der Waals surface area contributed by atoms with Gasteiger partial charge in [-0.3, -0.25) is 0 Å². The first-order chi connectivity index (χ1) is 9.99. The highest BCUT2D eigenvalue weighted by Crippen LogP contribution is 2.25. The lowest BCUT2D eigenvalue weighted by Gasteiger charge is -2.09. The number of sulfone groups is 1. The molecule has 1 aromatic carbocycles. The Balaban J connectivity index is 2.18. The third-order valence-corrected chi connectivity index (χ3v) is 3.87. The van der Waals surface area contributed by atoms with Gasteiger partial charge in [-0.05, 0) is 30.7 Å². The van der Waals surface area contributed by atoms with E-state index in [0.717, 1.165) is 18.8 Å². The largest absolute Gasteiger partial charge is 0.457 e. The Bertz CT molecular complexity index is 714. The predicted molar refractivity (Wildman–Crippen MR) is 82.6 cm³/mol. The molecule has 5 nitrogen and oxygen atoms in total. The molecule has 0 aliphatic rings. The molecule has 6 heteroatoms. The van der Waals surface area contributed by atoms with Crippen molar-refractivity contribution in [3.63, 3.8) is 0 Å². The van der Waals surface area contributed by atoms with Crippen LogP contribution in [0.4, 0.5) is 5.82 Å². The minimum atomic E-state index is -3.24. The van der Waals surface area contributed by atoms with Crippen LogP contribution in [0.2, 0.25) is 0 Å². The first-order valence-corrected chi connectivity index (χ1v) is 8.56. The van der Waals surface area contributed by atoms with Crippen LogP contribution in [0.15, 0.2) is 47.5 Å². The monoisotopic (exact) mass is 306 g/mol. The van der Waals surface area contributed by atoms with E-state index in [1.807, 2.05) is 0 Å². The number of rotatable bonds is 6. The number of anilines is 1. The van der Waals surface area contributed by atoms with Gasteiger partial charge in [0.15, 0.2) is 9.84 Å². The van der Waals surface area contributed by atoms with E-state index in [-0.39, 0.29) is 4.90 Å². The fraction of sp³-hybridized carbons (Fsp3) is 0.267. The molecule has 0 unspecified atom stereocenters. The zero-order valence-electron chi connectivity index (χ0n) is 12.0. The number of hydrogen-bond acceptors (Lipinski definition) is 5. The van der Waals surface area contributed by atoms with Gasteiger partial charge in [0.2, 0.25) is 0 Å². The van der Waals surface area contributed by atoms with Gasteiger partial charge in [0.05, 0.1) is 4.90 Å². The highest BCUT2D eigenvalue weighted by molar-refractivity contribution is 7.90. The van der Waals surface area contributed by atoms with Gasteiger partial charge in [-0.2, -0.15) is 0 Å². The maximum absolute atomic E-state index is 11.5. The number of nitrogens with one attached hydrogen (secondary N) is 1. The lowest BCUT2D eigenvalue weighted by atomic mass is 10.3. The zero-order valence-corrected chi connectivity index (χ0v) is 12.9. The van der Waals surface area contributed by atoms with Crippen LogP contribution in [-0.2, 0) is 9.84 Å². The minimum Gasteiger partial charge on any atom is -0.457 e. The van der Waals surface area contributed by atoms with Crippen LogP contribution in [0, 0.1) is 0 Å². The molecule has 0 aliphatic carbocycles. The minimum absolute atomic E-state index is 0.235. The average molecular weight is 306 g/mol. The van der Waals surface area contributed by atoms with E-state index >= 15 is 0 Å². The highest BCUT2D eigenvalue weighted by Gasteiger charge is 2.08. The van der Waals surface area contributed by atoms with Crippen LogP contribution in [0.5, 0.6) is 11.5 Å². The number of benzene rings is 1. The Morgan fingerprint density at radius 3 is 2.67 bits per heavy atom. The molecule has 2 rings (SSSR count). The number of nitrogens with zero attached hydrogens (tertiary/aromatic N) is 1. The highest BCUT2D eigenvalue weighted by atomic mass is 32.2. The third-order valence-electron chi connectivity index (χ3n) is 2.76. The third kappa shape index (κ3) is 4.46. The van der Waals surface area contributed by atoms with E-state index in [4.69, 9.17) is 4.74 Å². The molecule has 1 heterocycles. The Labute approximate surface area is 124 Å². The van der Waals surface area contributed by atoms with Crippen molar-refractivity contribution in [1.29, 1.82) is 0 Å². The predicted octanol–water partition coefficient (Wildman–Crippen LogP) is 3.10. The van der Waals surface area contributed by atoms with Gasteiger partial charge >= 0.3 is 0 Å². The molecule has 0 radical (unpaired) electrons. The van der Waals surface area contributed by atoms with Gasteiger partial charge in [-0.1, -0.05) is 13.0 Å². The molecule has 21 heavy (non-hydrogen) atoms. The van der Waals surface area contributed by atoms with Crippen molar-refractivity contribution in [2.24, 2.45) is 0 Å². The topological polar surface area (TPSA) is 68.3 Å². The van der Waals surface area contributed by atoms with E-state index in [1.54, 1.807) is 36.5 Å². The Hall–Kier alpha value is -2.08. The summed E-state index contributed by atoms with van der Waals surface area (Å²) in [6.45, 7) is 2.91. The Morgan fingerprint density at radius 1 is 1.19 bits per heavy atom. The van der Waals surface area contributed by atoms with Crippen LogP contribution in [0.3, 0.4) is 0 Å². The van der Waals surface area contributed by atoms with Gasteiger partial charge in [0, 0.05) is 25.1 Å². The average Bonchev–Trinajstić information content (AvgIpc) is 2.45. The van der Waals surface area contributed by atoms with Crippen LogP contribution < -0.4 is 10.1 Å². The lowest BCUT2D eigenvalue weighted by Crippen LogP contribution is -2.01. The summed E-state index contributed by atoms with van der Waals surface area (Å²) in [5, 5.41) is 3.17. The van der Waals surface area contributed by atoms with Crippen LogP contribution in [0.1, 0.15) is 13.3 Å². The summed E-state index contributed by atoms with van der Waals surface area (Å²) in [5.74, 6) is 1.81. The number of pyridine rings is 1. The second kappa shape index (κ2) is 6.58. The fourth-order valence-electron chi connectivity index (χ4n) is 1.73. The fourth-order valence-corrected chi connectivity index (χ4v) is 2.38. The smallest absolute Gasteiger partial charge is 0.175 e. The second-order valence-electron chi connectivity index (χ2n) is 4.65. The molecule has 0 aliphatic heterocycles. The van der Waals surface area contributed by atoms with E-state index in [0.29, 0.717) is 11.5 Å². The molecule has 112 valence electrons. The molecule has 1 aromatic heterocycles. The first-order valence-electron chi connectivity index (χ1n) is 6.67. The van der Waals surface area contributed by atoms with Crippen molar-refractivity contribution < 1.29 is 13.2 Å². The summed E-state index contributed by atoms with van der Waals surface area (Å²) in [6.07, 6.45) is 3.82. The molecule has 0 atom stereocenters. The van der Waals surface area contributed by atoms with E-state index in [1.165, 1.54) is 12.3 Å². The molecule has 0 saturated carbocycles. The molecule has 2 aromatic rings. The van der Waals surface area contributed by atoms with E-state index < -0.39 is 9.84 Å². The van der Waals surface area contributed by atoms with E-state index in [2.05, 4.69) is 17.2 Å². The van der Waals surface area contributed by atoms with Crippen molar-refractivity contribution in [2.45, 2.75) is 18.2 Å². The van der Waals surface area contributed by atoms with Gasteiger partial charge in [-0.15, -0.1) is 0 Å². The molecule has 0 saturated heterocycles. The molecule has 0 bridgehead atoms. The van der Waals surface area contributed by atoms with Crippen LogP contribution >= 0.6 is 0 Å². The quantitative estimate of drug-likeness (QED) is 0.888. The number of hydrogen-bond donors (Lipinski definition) is 1.